The van der Waals surface area contributed by atoms with Crippen molar-refractivity contribution in [1.82, 2.24) is 10.1 Å². The second-order valence-electron chi connectivity index (χ2n) is 4.59. The summed E-state index contributed by atoms with van der Waals surface area (Å²) in [6, 6.07) is 3.95. The number of nitro groups is 1. The van der Waals surface area contributed by atoms with Crippen molar-refractivity contribution >= 4 is 12.0 Å². The van der Waals surface area contributed by atoms with Crippen LogP contribution in [0.3, 0.4) is 0 Å². The molecule has 0 aliphatic carbocycles. The zero-order valence-corrected chi connectivity index (χ0v) is 11.5. The SMILES string of the molecule is CC(C)c1nc(COc2ccc(C=O)cc2[N+](=O)[O-])no1. The number of carbonyl (C=O) groups is 1. The summed E-state index contributed by atoms with van der Waals surface area (Å²) in [6.07, 6.45) is 0.533. The van der Waals surface area contributed by atoms with Gasteiger partial charge in [-0.2, -0.15) is 4.98 Å². The number of hydrogen-bond donors (Lipinski definition) is 0. The number of rotatable bonds is 6. The largest absolute Gasteiger partial charge is 0.478 e. The van der Waals surface area contributed by atoms with Crippen LogP contribution in [0.15, 0.2) is 22.7 Å². The molecule has 8 heteroatoms. The first kappa shape index (κ1) is 14.6. The third kappa shape index (κ3) is 3.41. The Balaban J connectivity index is 2.15. The number of nitro benzene ring substituents is 1. The molecule has 0 bridgehead atoms. The lowest BCUT2D eigenvalue weighted by atomic mass is 10.2. The third-order valence-electron chi connectivity index (χ3n) is 2.65. The van der Waals surface area contributed by atoms with E-state index in [1.54, 1.807) is 0 Å². The predicted molar refractivity (Wildman–Crippen MR) is 71.2 cm³/mol. The molecule has 0 saturated carbocycles. The number of hydrogen-bond acceptors (Lipinski definition) is 7. The summed E-state index contributed by atoms with van der Waals surface area (Å²) in [5.74, 6) is 0.904. The van der Waals surface area contributed by atoms with Crippen molar-refractivity contribution in [2.75, 3.05) is 0 Å². The van der Waals surface area contributed by atoms with Gasteiger partial charge in [-0.15, -0.1) is 0 Å². The van der Waals surface area contributed by atoms with Crippen LogP contribution >= 0.6 is 0 Å². The molecule has 1 aromatic heterocycles. The number of ether oxygens (including phenoxy) is 1. The summed E-state index contributed by atoms with van der Waals surface area (Å²) in [7, 11) is 0. The maximum atomic E-state index is 11.0. The normalized spacial score (nSPS) is 10.6. The average Bonchev–Trinajstić information content (AvgIpc) is 2.94. The van der Waals surface area contributed by atoms with E-state index in [1.807, 2.05) is 13.8 Å². The lowest BCUT2D eigenvalue weighted by Crippen LogP contribution is -2.01. The number of benzene rings is 1. The van der Waals surface area contributed by atoms with Gasteiger partial charge >= 0.3 is 5.69 Å². The van der Waals surface area contributed by atoms with Crippen LogP contribution in [0.25, 0.3) is 0 Å². The fourth-order valence-corrected chi connectivity index (χ4v) is 1.58. The van der Waals surface area contributed by atoms with Gasteiger partial charge in [0.15, 0.2) is 12.4 Å². The van der Waals surface area contributed by atoms with E-state index in [0.29, 0.717) is 18.0 Å². The van der Waals surface area contributed by atoms with E-state index >= 15 is 0 Å². The fraction of sp³-hybridized carbons (Fsp3) is 0.308. The molecule has 0 aliphatic heterocycles. The zero-order valence-electron chi connectivity index (χ0n) is 11.5. The molecule has 21 heavy (non-hydrogen) atoms. The topological polar surface area (TPSA) is 108 Å². The van der Waals surface area contributed by atoms with Gasteiger partial charge in [0.1, 0.15) is 6.29 Å². The Morgan fingerprint density at radius 3 is 2.81 bits per heavy atom. The molecule has 1 aromatic carbocycles. The van der Waals surface area contributed by atoms with Crippen molar-refractivity contribution in [2.45, 2.75) is 26.4 Å². The van der Waals surface area contributed by atoms with Gasteiger partial charge in [-0.25, -0.2) is 0 Å². The molecule has 0 atom stereocenters. The van der Waals surface area contributed by atoms with Crippen LogP contribution in [-0.4, -0.2) is 21.4 Å². The molecule has 0 fully saturated rings. The van der Waals surface area contributed by atoms with E-state index in [9.17, 15) is 14.9 Å². The van der Waals surface area contributed by atoms with Crippen LogP contribution in [0.2, 0.25) is 0 Å². The minimum Gasteiger partial charge on any atom is -0.478 e. The van der Waals surface area contributed by atoms with E-state index in [0.717, 1.165) is 6.07 Å². The predicted octanol–water partition coefficient (Wildman–Crippen LogP) is 2.49. The zero-order chi connectivity index (χ0) is 15.4. The number of carbonyl (C=O) groups excluding carboxylic acids is 1. The van der Waals surface area contributed by atoms with Crippen molar-refractivity contribution in [2.24, 2.45) is 0 Å². The second-order valence-corrected chi connectivity index (χ2v) is 4.59. The highest BCUT2D eigenvalue weighted by Gasteiger charge is 2.17. The molecule has 0 saturated heterocycles. The van der Waals surface area contributed by atoms with E-state index in [-0.39, 0.29) is 29.5 Å². The van der Waals surface area contributed by atoms with Gasteiger partial charge < -0.3 is 9.26 Å². The van der Waals surface area contributed by atoms with Crippen molar-refractivity contribution in [3.05, 3.63) is 45.6 Å². The molecule has 0 radical (unpaired) electrons. The molecule has 0 aliphatic rings. The summed E-state index contributed by atoms with van der Waals surface area (Å²) in [4.78, 5) is 25.1. The standard InChI is InChI=1S/C13H13N3O5/c1-8(2)13-14-12(15-21-13)7-20-11-4-3-9(6-17)5-10(11)16(18)19/h3-6,8H,7H2,1-2H3. The van der Waals surface area contributed by atoms with E-state index in [1.165, 1.54) is 12.1 Å². The molecule has 2 rings (SSSR count). The maximum Gasteiger partial charge on any atom is 0.311 e. The first-order valence-corrected chi connectivity index (χ1v) is 6.20. The van der Waals surface area contributed by atoms with Crippen LogP contribution in [0.4, 0.5) is 5.69 Å². The van der Waals surface area contributed by atoms with Crippen molar-refractivity contribution in [1.29, 1.82) is 0 Å². The van der Waals surface area contributed by atoms with Crippen molar-refractivity contribution in [3.63, 3.8) is 0 Å². The van der Waals surface area contributed by atoms with E-state index < -0.39 is 4.92 Å². The number of aromatic nitrogens is 2. The van der Waals surface area contributed by atoms with Crippen LogP contribution < -0.4 is 4.74 Å². The summed E-state index contributed by atoms with van der Waals surface area (Å²) >= 11 is 0. The Morgan fingerprint density at radius 1 is 1.48 bits per heavy atom. The monoisotopic (exact) mass is 291 g/mol. The highest BCUT2D eigenvalue weighted by Crippen LogP contribution is 2.28. The quantitative estimate of drug-likeness (QED) is 0.457. The minimum absolute atomic E-state index is 0.0431. The number of nitrogens with zero attached hydrogens (tertiary/aromatic N) is 3. The Kier molecular flexibility index (Phi) is 4.27. The van der Waals surface area contributed by atoms with E-state index in [4.69, 9.17) is 9.26 Å². The molecule has 8 nitrogen and oxygen atoms in total. The molecule has 2 aromatic rings. The first-order valence-electron chi connectivity index (χ1n) is 6.20. The lowest BCUT2D eigenvalue weighted by Gasteiger charge is -2.04. The molecule has 1 heterocycles. The first-order chi connectivity index (χ1) is 10.0. The molecule has 0 spiro atoms. The van der Waals surface area contributed by atoms with Gasteiger partial charge in [0.2, 0.25) is 11.7 Å². The lowest BCUT2D eigenvalue weighted by molar-refractivity contribution is -0.386. The highest BCUT2D eigenvalue weighted by atomic mass is 16.6. The highest BCUT2D eigenvalue weighted by molar-refractivity contribution is 5.77. The van der Waals surface area contributed by atoms with Crippen molar-refractivity contribution < 1.29 is 19.0 Å². The smallest absolute Gasteiger partial charge is 0.311 e. The van der Waals surface area contributed by atoms with Crippen molar-refractivity contribution in [3.8, 4) is 5.75 Å². The van der Waals surface area contributed by atoms with Crippen LogP contribution in [0.1, 0.15) is 41.8 Å². The summed E-state index contributed by atoms with van der Waals surface area (Å²) in [6.45, 7) is 3.75. The van der Waals surface area contributed by atoms with Crippen LogP contribution in [0, 0.1) is 10.1 Å². The van der Waals surface area contributed by atoms with Gasteiger partial charge in [-0.1, -0.05) is 19.0 Å². The van der Waals surface area contributed by atoms with Gasteiger partial charge in [0.25, 0.3) is 0 Å². The molecule has 0 N–H and O–H groups in total. The van der Waals surface area contributed by atoms with Gasteiger partial charge in [0.05, 0.1) is 4.92 Å². The summed E-state index contributed by atoms with van der Waals surface area (Å²) in [5.41, 5.74) is -0.0807. The molecule has 0 unspecified atom stereocenters. The van der Waals surface area contributed by atoms with Gasteiger partial charge in [0, 0.05) is 17.5 Å². The Hall–Kier alpha value is -2.77. The fourth-order valence-electron chi connectivity index (χ4n) is 1.58. The summed E-state index contributed by atoms with van der Waals surface area (Å²) in [5, 5.41) is 14.7. The van der Waals surface area contributed by atoms with Crippen LogP contribution in [-0.2, 0) is 6.61 Å². The molecular weight excluding hydrogens is 278 g/mol. The second kappa shape index (κ2) is 6.12. The Labute approximate surface area is 119 Å². The molecule has 0 amide bonds. The third-order valence-corrected chi connectivity index (χ3v) is 2.65. The van der Waals surface area contributed by atoms with Gasteiger partial charge in [-0.05, 0) is 12.1 Å². The summed E-state index contributed by atoms with van der Waals surface area (Å²) < 4.78 is 10.3. The minimum atomic E-state index is -0.613. The van der Waals surface area contributed by atoms with Gasteiger partial charge in [-0.3, -0.25) is 14.9 Å². The molecular formula is C13H13N3O5. The average molecular weight is 291 g/mol. The Bertz CT molecular complexity index is 666. The molecule has 110 valence electrons. The van der Waals surface area contributed by atoms with E-state index in [2.05, 4.69) is 10.1 Å². The number of aldehydes is 1. The van der Waals surface area contributed by atoms with Crippen LogP contribution in [0.5, 0.6) is 5.75 Å². The maximum absolute atomic E-state index is 11.0. The Morgan fingerprint density at radius 2 is 2.24 bits per heavy atom.